The average Bonchev–Trinajstić information content (AvgIpc) is 3.70. The first-order valence-corrected chi connectivity index (χ1v) is 12.1. The molecule has 2 N–H and O–H groups in total. The van der Waals surface area contributed by atoms with Gasteiger partial charge >= 0.3 is 6.18 Å². The Balaban J connectivity index is 0.000000503. The number of likely N-dealkylation sites (tertiary alicyclic amines) is 1. The second-order valence-corrected chi connectivity index (χ2v) is 9.23. The van der Waals surface area contributed by atoms with E-state index < -0.39 is 17.6 Å². The third-order valence-electron chi connectivity index (χ3n) is 6.66. The van der Waals surface area contributed by atoms with E-state index in [4.69, 9.17) is 0 Å². The zero-order chi connectivity index (χ0) is 26.0. The van der Waals surface area contributed by atoms with Gasteiger partial charge in [-0.25, -0.2) is 9.37 Å². The first-order valence-electron chi connectivity index (χ1n) is 12.1. The number of aromatic amines is 1. The second kappa shape index (κ2) is 10.3. The van der Waals surface area contributed by atoms with Crippen LogP contribution in [0.25, 0.3) is 16.8 Å². The van der Waals surface area contributed by atoms with Crippen LogP contribution in [-0.2, 0) is 6.18 Å². The Morgan fingerprint density at radius 3 is 2.54 bits per heavy atom. The Bertz CT molecular complexity index is 1370. The normalized spacial score (nSPS) is 17.7. The third kappa shape index (κ3) is 5.51. The molecule has 2 fully saturated rings. The van der Waals surface area contributed by atoms with Gasteiger partial charge in [-0.1, -0.05) is 12.1 Å². The SMILES string of the molecule is C1CCNC1.O=C(c1cn2cc(-c3cn[nH]c3)cc(C(F)(F)F)c2n1)N1CCC(c2cccc(F)c2)C1. The fraction of sp³-hybridized carbons (Fsp3) is 0.346. The van der Waals surface area contributed by atoms with Crippen molar-refractivity contribution in [2.24, 2.45) is 0 Å². The number of nitrogens with zero attached hydrogens (tertiary/aromatic N) is 4. The summed E-state index contributed by atoms with van der Waals surface area (Å²) in [4.78, 5) is 18.6. The number of amides is 1. The zero-order valence-electron chi connectivity index (χ0n) is 19.9. The van der Waals surface area contributed by atoms with Gasteiger partial charge in [0.25, 0.3) is 5.91 Å². The van der Waals surface area contributed by atoms with E-state index in [1.54, 1.807) is 17.0 Å². The summed E-state index contributed by atoms with van der Waals surface area (Å²) in [6, 6.07) is 7.22. The molecule has 1 aromatic carbocycles. The van der Waals surface area contributed by atoms with Crippen molar-refractivity contribution in [1.29, 1.82) is 0 Å². The van der Waals surface area contributed by atoms with E-state index in [0.717, 1.165) is 11.6 Å². The predicted octanol–water partition coefficient (Wildman–Crippen LogP) is 4.88. The van der Waals surface area contributed by atoms with Crippen molar-refractivity contribution < 1.29 is 22.4 Å². The number of carbonyl (C=O) groups is 1. The number of nitrogens with one attached hydrogen (secondary N) is 2. The standard InChI is InChI=1S/C22H17F4N5O.C4H9N/c23-17-3-1-2-13(6-17)14-4-5-30(10-14)21(32)19-12-31-11-15(16-8-27-28-9-16)7-18(20(31)29-19)22(24,25)26;1-2-4-5-3-1/h1-3,6-9,11-12,14H,4-5,10H2,(H,27,28);5H,1-4H2. The summed E-state index contributed by atoms with van der Waals surface area (Å²) in [7, 11) is 0. The molecular weight excluding hydrogens is 488 g/mol. The number of carbonyl (C=O) groups excluding carboxylic acids is 1. The molecule has 0 spiro atoms. The Labute approximate surface area is 210 Å². The Morgan fingerprint density at radius 2 is 1.89 bits per heavy atom. The summed E-state index contributed by atoms with van der Waals surface area (Å²) in [6.07, 6.45) is 4.47. The van der Waals surface area contributed by atoms with E-state index in [1.165, 1.54) is 67.3 Å². The first-order chi connectivity index (χ1) is 17.8. The number of aromatic nitrogens is 4. The summed E-state index contributed by atoms with van der Waals surface area (Å²) in [5.41, 5.74) is 0.223. The Kier molecular flexibility index (Phi) is 6.96. The van der Waals surface area contributed by atoms with Gasteiger partial charge in [0.15, 0.2) is 0 Å². The number of hydrogen-bond donors (Lipinski definition) is 2. The summed E-state index contributed by atoms with van der Waals surface area (Å²) in [6.45, 7) is 3.27. The summed E-state index contributed by atoms with van der Waals surface area (Å²) in [5, 5.41) is 9.58. The smallest absolute Gasteiger partial charge is 0.337 e. The van der Waals surface area contributed by atoms with Crippen LogP contribution >= 0.6 is 0 Å². The highest BCUT2D eigenvalue weighted by Crippen LogP contribution is 2.35. The van der Waals surface area contributed by atoms with E-state index in [1.807, 2.05) is 0 Å². The number of fused-ring (bicyclic) bond motifs is 1. The topological polar surface area (TPSA) is 78.3 Å². The van der Waals surface area contributed by atoms with Crippen LogP contribution in [-0.4, -0.2) is 56.6 Å². The number of halogens is 4. The minimum atomic E-state index is -4.65. The van der Waals surface area contributed by atoms with Crippen LogP contribution in [0.5, 0.6) is 0 Å². The number of hydrogen-bond acceptors (Lipinski definition) is 4. The van der Waals surface area contributed by atoms with E-state index in [2.05, 4.69) is 20.5 Å². The molecule has 3 aromatic heterocycles. The summed E-state index contributed by atoms with van der Waals surface area (Å²) >= 11 is 0. The van der Waals surface area contributed by atoms with Gasteiger partial charge < -0.3 is 14.6 Å². The molecule has 2 aliphatic rings. The Morgan fingerprint density at radius 1 is 1.08 bits per heavy atom. The molecule has 11 heteroatoms. The number of H-pyrrole nitrogens is 1. The van der Waals surface area contributed by atoms with Gasteiger partial charge in [0.1, 0.15) is 17.2 Å². The molecule has 6 rings (SSSR count). The monoisotopic (exact) mass is 514 g/mol. The van der Waals surface area contributed by atoms with Gasteiger partial charge in [0.05, 0.1) is 11.8 Å². The van der Waals surface area contributed by atoms with Crippen molar-refractivity contribution in [2.45, 2.75) is 31.4 Å². The number of benzene rings is 1. The van der Waals surface area contributed by atoms with Crippen LogP contribution in [0.15, 0.2) is 55.1 Å². The third-order valence-corrected chi connectivity index (χ3v) is 6.66. The fourth-order valence-corrected chi connectivity index (χ4v) is 4.74. The highest BCUT2D eigenvalue weighted by molar-refractivity contribution is 5.93. The minimum Gasteiger partial charge on any atom is -0.337 e. The number of pyridine rings is 1. The van der Waals surface area contributed by atoms with E-state index >= 15 is 0 Å². The molecule has 194 valence electrons. The van der Waals surface area contributed by atoms with Crippen molar-refractivity contribution in [2.75, 3.05) is 26.2 Å². The highest BCUT2D eigenvalue weighted by atomic mass is 19.4. The Hall–Kier alpha value is -3.73. The fourth-order valence-electron chi connectivity index (χ4n) is 4.74. The summed E-state index contributed by atoms with van der Waals surface area (Å²) < 4.78 is 55.9. The molecule has 0 saturated carbocycles. The molecule has 0 radical (unpaired) electrons. The molecule has 37 heavy (non-hydrogen) atoms. The molecule has 7 nitrogen and oxygen atoms in total. The lowest BCUT2D eigenvalue weighted by molar-refractivity contribution is -0.136. The van der Waals surface area contributed by atoms with E-state index in [0.29, 0.717) is 30.6 Å². The molecule has 4 aromatic rings. The second-order valence-electron chi connectivity index (χ2n) is 9.23. The van der Waals surface area contributed by atoms with Gasteiger partial charge in [-0.15, -0.1) is 0 Å². The minimum absolute atomic E-state index is 0.0369. The van der Waals surface area contributed by atoms with Gasteiger partial charge in [-0.2, -0.15) is 18.3 Å². The molecule has 1 unspecified atom stereocenters. The average molecular weight is 515 g/mol. The highest BCUT2D eigenvalue weighted by Gasteiger charge is 2.36. The van der Waals surface area contributed by atoms with Crippen LogP contribution in [0.2, 0.25) is 0 Å². The van der Waals surface area contributed by atoms with Crippen LogP contribution < -0.4 is 5.32 Å². The maximum atomic E-state index is 13.7. The molecule has 0 aliphatic carbocycles. The molecular formula is C26H26F4N6O. The van der Waals surface area contributed by atoms with Crippen molar-refractivity contribution in [1.82, 2.24) is 29.8 Å². The predicted molar refractivity (Wildman–Crippen MR) is 130 cm³/mol. The zero-order valence-corrected chi connectivity index (χ0v) is 19.9. The van der Waals surface area contributed by atoms with Gasteiger partial charge in [0.2, 0.25) is 0 Å². The molecule has 5 heterocycles. The molecule has 2 aliphatic heterocycles. The number of alkyl halides is 3. The van der Waals surface area contributed by atoms with Gasteiger partial charge in [0, 0.05) is 48.7 Å². The van der Waals surface area contributed by atoms with Crippen molar-refractivity contribution in [3.63, 3.8) is 0 Å². The van der Waals surface area contributed by atoms with Gasteiger partial charge in [-0.05, 0) is 56.1 Å². The molecule has 0 bridgehead atoms. The number of imidazole rings is 1. The number of rotatable bonds is 3. The molecule has 1 amide bonds. The van der Waals surface area contributed by atoms with Crippen molar-refractivity contribution >= 4 is 11.6 Å². The van der Waals surface area contributed by atoms with E-state index in [-0.39, 0.29) is 23.1 Å². The van der Waals surface area contributed by atoms with Crippen LogP contribution in [0.4, 0.5) is 17.6 Å². The van der Waals surface area contributed by atoms with Crippen LogP contribution in [0.3, 0.4) is 0 Å². The summed E-state index contributed by atoms with van der Waals surface area (Å²) in [5.74, 6) is -0.837. The molecule has 2 saturated heterocycles. The van der Waals surface area contributed by atoms with Crippen LogP contribution in [0, 0.1) is 5.82 Å². The van der Waals surface area contributed by atoms with Crippen LogP contribution in [0.1, 0.15) is 46.8 Å². The maximum Gasteiger partial charge on any atom is 0.420 e. The first kappa shape index (κ1) is 24.9. The lowest BCUT2D eigenvalue weighted by Gasteiger charge is -2.15. The van der Waals surface area contributed by atoms with Crippen molar-refractivity contribution in [3.05, 3.63) is 77.8 Å². The lowest BCUT2D eigenvalue weighted by Crippen LogP contribution is -2.28. The molecule has 1 atom stereocenters. The van der Waals surface area contributed by atoms with Gasteiger partial charge in [-0.3, -0.25) is 9.89 Å². The van der Waals surface area contributed by atoms with Crippen molar-refractivity contribution in [3.8, 4) is 11.1 Å². The maximum absolute atomic E-state index is 13.7. The lowest BCUT2D eigenvalue weighted by atomic mass is 9.98. The quantitative estimate of drug-likeness (QED) is 0.382. The largest absolute Gasteiger partial charge is 0.420 e. The van der Waals surface area contributed by atoms with E-state index in [9.17, 15) is 22.4 Å².